The van der Waals surface area contributed by atoms with E-state index in [0.29, 0.717) is 6.61 Å². The van der Waals surface area contributed by atoms with E-state index < -0.39 is 5.97 Å². The fraction of sp³-hybridized carbons (Fsp3) is 0.857. The van der Waals surface area contributed by atoms with Gasteiger partial charge in [-0.25, -0.2) is 0 Å². The van der Waals surface area contributed by atoms with E-state index >= 15 is 0 Å². The standard InChI is InChI=1S/C7H15NO4/c1-10-4-6(11-2)5-12-7(9)3-8/h6H,3-5,8H2,1-2H3. The summed E-state index contributed by atoms with van der Waals surface area (Å²) in [6.07, 6.45) is -0.217. The van der Waals surface area contributed by atoms with Gasteiger partial charge < -0.3 is 19.9 Å². The maximum absolute atomic E-state index is 10.6. The predicted molar refractivity (Wildman–Crippen MR) is 42.7 cm³/mol. The third kappa shape index (κ3) is 5.06. The molecule has 0 saturated heterocycles. The number of carbonyl (C=O) groups is 1. The van der Waals surface area contributed by atoms with Crippen LogP contribution in [0.2, 0.25) is 0 Å². The number of rotatable bonds is 6. The number of nitrogens with two attached hydrogens (primary N) is 1. The molecule has 72 valence electrons. The summed E-state index contributed by atoms with van der Waals surface area (Å²) in [6, 6.07) is 0. The van der Waals surface area contributed by atoms with Crippen molar-refractivity contribution in [3.05, 3.63) is 0 Å². The summed E-state index contributed by atoms with van der Waals surface area (Å²) in [5.74, 6) is -0.437. The average Bonchev–Trinajstić information content (AvgIpc) is 2.11. The first kappa shape index (κ1) is 11.4. The third-order valence-electron chi connectivity index (χ3n) is 1.28. The Labute approximate surface area is 71.8 Å². The molecule has 0 saturated carbocycles. The van der Waals surface area contributed by atoms with E-state index in [2.05, 4.69) is 0 Å². The zero-order chi connectivity index (χ0) is 9.40. The third-order valence-corrected chi connectivity index (χ3v) is 1.28. The first-order chi connectivity index (χ1) is 5.74. The van der Waals surface area contributed by atoms with Crippen molar-refractivity contribution >= 4 is 5.97 Å². The van der Waals surface area contributed by atoms with Crippen molar-refractivity contribution in [2.45, 2.75) is 6.10 Å². The maximum atomic E-state index is 10.6. The van der Waals surface area contributed by atoms with E-state index in [4.69, 9.17) is 19.9 Å². The first-order valence-electron chi connectivity index (χ1n) is 3.62. The molecule has 1 unspecified atom stereocenters. The molecule has 0 aromatic rings. The summed E-state index contributed by atoms with van der Waals surface area (Å²) in [7, 11) is 3.08. The van der Waals surface area contributed by atoms with Gasteiger partial charge in [0.05, 0.1) is 13.2 Å². The Bertz CT molecular complexity index is 129. The second kappa shape index (κ2) is 7.02. The van der Waals surface area contributed by atoms with Crippen molar-refractivity contribution in [2.75, 3.05) is 34.0 Å². The monoisotopic (exact) mass is 177 g/mol. The minimum absolute atomic E-state index is 0.108. The molecule has 0 amide bonds. The van der Waals surface area contributed by atoms with Crippen LogP contribution in [0.15, 0.2) is 0 Å². The molecule has 5 nitrogen and oxygen atoms in total. The second-order valence-corrected chi connectivity index (χ2v) is 2.20. The second-order valence-electron chi connectivity index (χ2n) is 2.20. The van der Waals surface area contributed by atoms with Crippen LogP contribution >= 0.6 is 0 Å². The van der Waals surface area contributed by atoms with Gasteiger partial charge in [-0.1, -0.05) is 0 Å². The van der Waals surface area contributed by atoms with Gasteiger partial charge in [0, 0.05) is 14.2 Å². The van der Waals surface area contributed by atoms with Crippen LogP contribution in [0.4, 0.5) is 0 Å². The molecule has 0 fully saturated rings. The van der Waals surface area contributed by atoms with Crippen LogP contribution in [0.5, 0.6) is 0 Å². The predicted octanol–water partition coefficient (Wildman–Crippen LogP) is -0.850. The number of methoxy groups -OCH3 is 2. The lowest BCUT2D eigenvalue weighted by Gasteiger charge is -2.13. The van der Waals surface area contributed by atoms with Crippen LogP contribution < -0.4 is 5.73 Å². The topological polar surface area (TPSA) is 70.8 Å². The van der Waals surface area contributed by atoms with Gasteiger partial charge in [0.25, 0.3) is 0 Å². The number of ether oxygens (including phenoxy) is 3. The van der Waals surface area contributed by atoms with E-state index in [1.54, 1.807) is 7.11 Å². The number of esters is 1. The van der Waals surface area contributed by atoms with Gasteiger partial charge in [-0.3, -0.25) is 4.79 Å². The van der Waals surface area contributed by atoms with E-state index in [1.165, 1.54) is 7.11 Å². The van der Waals surface area contributed by atoms with Crippen molar-refractivity contribution in [3.63, 3.8) is 0 Å². The Morgan fingerprint density at radius 1 is 1.42 bits per heavy atom. The van der Waals surface area contributed by atoms with E-state index in [1.807, 2.05) is 0 Å². The fourth-order valence-corrected chi connectivity index (χ4v) is 0.615. The average molecular weight is 177 g/mol. The van der Waals surface area contributed by atoms with Crippen LogP contribution in [0.25, 0.3) is 0 Å². The summed E-state index contributed by atoms with van der Waals surface area (Å²) >= 11 is 0. The van der Waals surface area contributed by atoms with Crippen molar-refractivity contribution in [1.82, 2.24) is 0 Å². The molecule has 0 aromatic heterocycles. The molecule has 0 aliphatic rings. The van der Waals surface area contributed by atoms with Crippen LogP contribution in [-0.2, 0) is 19.0 Å². The molecule has 0 spiro atoms. The van der Waals surface area contributed by atoms with Crippen molar-refractivity contribution < 1.29 is 19.0 Å². The zero-order valence-electron chi connectivity index (χ0n) is 7.41. The van der Waals surface area contributed by atoms with Gasteiger partial charge in [0.1, 0.15) is 12.7 Å². The van der Waals surface area contributed by atoms with Gasteiger partial charge >= 0.3 is 5.97 Å². The van der Waals surface area contributed by atoms with Gasteiger partial charge in [0.2, 0.25) is 0 Å². The molecule has 0 radical (unpaired) electrons. The van der Waals surface area contributed by atoms with Crippen LogP contribution in [0.3, 0.4) is 0 Å². The van der Waals surface area contributed by atoms with Crippen molar-refractivity contribution in [3.8, 4) is 0 Å². The molecule has 0 heterocycles. The van der Waals surface area contributed by atoms with Crippen LogP contribution in [-0.4, -0.2) is 46.1 Å². The zero-order valence-corrected chi connectivity index (χ0v) is 7.41. The molecule has 5 heteroatoms. The molecule has 0 rings (SSSR count). The van der Waals surface area contributed by atoms with E-state index in [0.717, 1.165) is 0 Å². The normalized spacial score (nSPS) is 12.6. The molecule has 2 N–H and O–H groups in total. The van der Waals surface area contributed by atoms with Crippen LogP contribution in [0.1, 0.15) is 0 Å². The summed E-state index contributed by atoms with van der Waals surface area (Å²) in [6.45, 7) is 0.470. The summed E-state index contributed by atoms with van der Waals surface area (Å²) in [5, 5.41) is 0. The summed E-state index contributed by atoms with van der Waals surface area (Å²) in [4.78, 5) is 10.6. The van der Waals surface area contributed by atoms with Crippen molar-refractivity contribution in [1.29, 1.82) is 0 Å². The highest BCUT2D eigenvalue weighted by Gasteiger charge is 2.09. The maximum Gasteiger partial charge on any atom is 0.319 e. The molecule has 12 heavy (non-hydrogen) atoms. The molecular weight excluding hydrogens is 162 g/mol. The molecular formula is C7H15NO4. The van der Waals surface area contributed by atoms with Gasteiger partial charge in [-0.2, -0.15) is 0 Å². The van der Waals surface area contributed by atoms with Crippen molar-refractivity contribution in [2.24, 2.45) is 5.73 Å². The fourth-order valence-electron chi connectivity index (χ4n) is 0.615. The lowest BCUT2D eigenvalue weighted by Crippen LogP contribution is -2.27. The quantitative estimate of drug-likeness (QED) is 0.535. The lowest BCUT2D eigenvalue weighted by atomic mass is 10.4. The number of carbonyl (C=O) groups excluding carboxylic acids is 1. The summed E-state index contributed by atoms with van der Waals surface area (Å²) < 4.78 is 14.5. The number of hydrogen-bond donors (Lipinski definition) is 1. The van der Waals surface area contributed by atoms with E-state index in [9.17, 15) is 4.79 Å². The smallest absolute Gasteiger partial charge is 0.319 e. The van der Waals surface area contributed by atoms with Crippen LogP contribution in [0, 0.1) is 0 Å². The molecule has 0 bridgehead atoms. The number of hydrogen-bond acceptors (Lipinski definition) is 5. The van der Waals surface area contributed by atoms with E-state index in [-0.39, 0.29) is 19.3 Å². The Morgan fingerprint density at radius 3 is 2.50 bits per heavy atom. The molecule has 0 aromatic carbocycles. The van der Waals surface area contributed by atoms with Gasteiger partial charge in [0.15, 0.2) is 0 Å². The first-order valence-corrected chi connectivity index (χ1v) is 3.62. The largest absolute Gasteiger partial charge is 0.462 e. The minimum Gasteiger partial charge on any atom is -0.462 e. The highest BCUT2D eigenvalue weighted by molar-refractivity contribution is 5.71. The summed E-state index contributed by atoms with van der Waals surface area (Å²) in [5.41, 5.74) is 5.03. The highest BCUT2D eigenvalue weighted by atomic mass is 16.6. The Kier molecular flexibility index (Phi) is 6.64. The molecule has 0 aliphatic heterocycles. The van der Waals surface area contributed by atoms with Gasteiger partial charge in [-0.15, -0.1) is 0 Å². The Balaban J connectivity index is 3.50. The van der Waals surface area contributed by atoms with Gasteiger partial charge in [-0.05, 0) is 0 Å². The highest BCUT2D eigenvalue weighted by Crippen LogP contribution is 1.92. The minimum atomic E-state index is -0.437. The molecule has 1 atom stereocenters. The Morgan fingerprint density at radius 2 is 2.08 bits per heavy atom. The Hall–Kier alpha value is -0.650. The molecule has 0 aliphatic carbocycles. The lowest BCUT2D eigenvalue weighted by molar-refractivity contribution is -0.146. The SMILES string of the molecule is COCC(COC(=O)CN)OC.